The molecule has 1 rings (SSSR count). The normalized spacial score (nSPS) is 8.58. The van der Waals surface area contributed by atoms with Gasteiger partial charge in [0, 0.05) is 0 Å². The molecule has 0 amide bonds. The summed E-state index contributed by atoms with van der Waals surface area (Å²) in [5, 5.41) is 0. The molecule has 0 unspecified atom stereocenters. The second-order valence-corrected chi connectivity index (χ2v) is 1.84. The van der Waals surface area contributed by atoms with Crippen LogP contribution in [0, 0.1) is 0 Å². The summed E-state index contributed by atoms with van der Waals surface area (Å²) in [6.45, 7) is 0.386. The van der Waals surface area contributed by atoms with Gasteiger partial charge in [0.25, 0.3) is 0 Å². The van der Waals surface area contributed by atoms with E-state index in [9.17, 15) is 0 Å². The van der Waals surface area contributed by atoms with Crippen LogP contribution in [-0.2, 0) is 16.5 Å². The van der Waals surface area contributed by atoms with Crippen molar-refractivity contribution in [3.05, 3.63) is 35.9 Å². The van der Waals surface area contributed by atoms with Gasteiger partial charge >= 0.3 is 0 Å². The minimum absolute atomic E-state index is 0.386. The van der Waals surface area contributed by atoms with Crippen molar-refractivity contribution in [2.24, 2.45) is 5.90 Å². The second-order valence-electron chi connectivity index (χ2n) is 1.84. The zero-order valence-corrected chi connectivity index (χ0v) is 7.07. The van der Waals surface area contributed by atoms with E-state index in [-0.39, 0.29) is 0 Å². The summed E-state index contributed by atoms with van der Waals surface area (Å²) in [4.78, 5) is 8.44. The van der Waals surface area contributed by atoms with Crippen LogP contribution in [0.3, 0.4) is 0 Å². The van der Waals surface area contributed by atoms with Crippen molar-refractivity contribution in [1.82, 2.24) is 0 Å². The maximum atomic E-state index is 6.47. The van der Waals surface area contributed by atoms with Crippen LogP contribution >= 0.6 is 11.9 Å². The zero-order chi connectivity index (χ0) is 9.23. The van der Waals surface area contributed by atoms with E-state index in [1.54, 1.807) is 0 Å². The van der Waals surface area contributed by atoms with Crippen LogP contribution in [0.5, 0.6) is 0 Å². The molecule has 0 radical (unpaired) electrons. The fourth-order valence-corrected chi connectivity index (χ4v) is 0.676. The number of halogens is 1. The maximum absolute atomic E-state index is 6.47. The molecule has 5 heteroatoms. The van der Waals surface area contributed by atoms with E-state index in [1.807, 2.05) is 30.3 Å². The molecule has 0 spiro atoms. The lowest BCUT2D eigenvalue weighted by molar-refractivity contribution is -0.308. The highest BCUT2D eigenvalue weighted by Crippen LogP contribution is 1.98. The van der Waals surface area contributed by atoms with Crippen molar-refractivity contribution < 1.29 is 14.5 Å². The third-order valence-corrected chi connectivity index (χ3v) is 1.14. The quantitative estimate of drug-likeness (QED) is 0.556. The molecular formula is C7H10ClNO3. The predicted octanol–water partition coefficient (Wildman–Crippen LogP) is 1.14. The molecule has 0 saturated carbocycles. The minimum atomic E-state index is 0.386. The van der Waals surface area contributed by atoms with E-state index in [2.05, 4.69) is 27.6 Å². The van der Waals surface area contributed by atoms with Gasteiger partial charge in [0.05, 0.1) is 11.9 Å². The highest BCUT2D eigenvalue weighted by Gasteiger charge is 1.88. The zero-order valence-electron chi connectivity index (χ0n) is 6.31. The van der Waals surface area contributed by atoms with E-state index >= 15 is 0 Å². The lowest BCUT2D eigenvalue weighted by Crippen LogP contribution is -2.00. The van der Waals surface area contributed by atoms with Gasteiger partial charge in [-0.2, -0.15) is 5.90 Å². The Hall–Kier alpha value is -0.650. The molecule has 0 bridgehead atoms. The molecule has 68 valence electrons. The van der Waals surface area contributed by atoms with Gasteiger partial charge in [-0.25, -0.2) is 4.89 Å². The summed E-state index contributed by atoms with van der Waals surface area (Å²) in [6, 6.07) is 9.65. The van der Waals surface area contributed by atoms with Gasteiger partial charge in [0.2, 0.25) is 0 Å². The van der Waals surface area contributed by atoms with Crippen LogP contribution < -0.4 is 5.90 Å². The maximum Gasteiger partial charge on any atom is 0.109 e. The molecule has 0 aliphatic rings. The Morgan fingerprint density at radius 3 is 2.33 bits per heavy atom. The average Bonchev–Trinajstić information content (AvgIpc) is 2.19. The van der Waals surface area contributed by atoms with E-state index < -0.39 is 0 Å². The summed E-state index contributed by atoms with van der Waals surface area (Å²) >= 11 is 3.64. The van der Waals surface area contributed by atoms with Crippen molar-refractivity contribution in [3.8, 4) is 0 Å². The largest absolute Gasteiger partial charge is 0.295 e. The molecule has 0 fully saturated rings. The van der Waals surface area contributed by atoms with Crippen LogP contribution in [-0.4, -0.2) is 4.66 Å². The van der Waals surface area contributed by atoms with Gasteiger partial charge in [-0.1, -0.05) is 30.3 Å². The van der Waals surface area contributed by atoms with Crippen LogP contribution in [0.2, 0.25) is 0 Å². The van der Waals surface area contributed by atoms with Crippen molar-refractivity contribution in [3.63, 3.8) is 0 Å². The molecule has 0 aromatic heterocycles. The molecule has 0 atom stereocenters. The van der Waals surface area contributed by atoms with E-state index in [1.165, 1.54) is 0 Å². The van der Waals surface area contributed by atoms with Crippen molar-refractivity contribution in [2.45, 2.75) is 6.61 Å². The molecule has 0 aliphatic carbocycles. The first-order valence-electron chi connectivity index (χ1n) is 3.12. The third-order valence-electron chi connectivity index (χ3n) is 1.14. The number of hydrogen-bond acceptors (Lipinski definition) is 4. The highest BCUT2D eigenvalue weighted by molar-refractivity contribution is 6.04. The molecule has 1 aromatic rings. The van der Waals surface area contributed by atoms with Crippen molar-refractivity contribution >= 4 is 11.9 Å². The van der Waals surface area contributed by atoms with Crippen LogP contribution in [0.1, 0.15) is 5.56 Å². The van der Waals surface area contributed by atoms with Gasteiger partial charge in [-0.05, 0) is 5.56 Å². The van der Waals surface area contributed by atoms with E-state index in [4.69, 9.17) is 4.66 Å². The lowest BCUT2D eigenvalue weighted by atomic mass is 10.2. The molecule has 0 heterocycles. The Balaban J connectivity index is 0.000000561. The summed E-state index contributed by atoms with van der Waals surface area (Å²) in [7, 11) is 0. The number of hydrogen-bond donors (Lipinski definition) is 2. The third kappa shape index (κ3) is 5.06. The standard InChI is InChI=1S/C7H9NO2.ClHO/c8-10-9-6-7-4-2-1-3-5-7;1-2/h1-5H,6,8H2;2H. The molecule has 0 aliphatic heterocycles. The molecule has 0 saturated heterocycles. The summed E-state index contributed by atoms with van der Waals surface area (Å²) in [5.74, 6) is 4.65. The summed E-state index contributed by atoms with van der Waals surface area (Å²) in [5.41, 5.74) is 1.04. The number of benzene rings is 1. The first-order valence-corrected chi connectivity index (χ1v) is 3.46. The summed E-state index contributed by atoms with van der Waals surface area (Å²) < 4.78 is 6.47. The highest BCUT2D eigenvalue weighted by atomic mass is 35.5. The van der Waals surface area contributed by atoms with E-state index in [0.29, 0.717) is 6.61 Å². The van der Waals surface area contributed by atoms with Crippen molar-refractivity contribution in [1.29, 1.82) is 0 Å². The predicted molar refractivity (Wildman–Crippen MR) is 44.6 cm³/mol. The Morgan fingerprint density at radius 1 is 1.25 bits per heavy atom. The Labute approximate surface area is 75.5 Å². The molecule has 1 aromatic carbocycles. The van der Waals surface area contributed by atoms with Gasteiger partial charge in [0.1, 0.15) is 6.61 Å². The smallest absolute Gasteiger partial charge is 0.109 e. The van der Waals surface area contributed by atoms with Gasteiger partial charge < -0.3 is 0 Å². The van der Waals surface area contributed by atoms with Crippen LogP contribution in [0.15, 0.2) is 30.3 Å². The Bertz CT molecular complexity index is 183. The van der Waals surface area contributed by atoms with Crippen LogP contribution in [0.25, 0.3) is 0 Å². The topological polar surface area (TPSA) is 64.7 Å². The van der Waals surface area contributed by atoms with Gasteiger partial charge in [-0.15, -0.1) is 4.99 Å². The number of nitrogens with two attached hydrogens (primary N) is 1. The first kappa shape index (κ1) is 11.4. The summed E-state index contributed by atoms with van der Waals surface area (Å²) in [6.07, 6.45) is 0. The monoisotopic (exact) mass is 191 g/mol. The Kier molecular flexibility index (Phi) is 7.99. The molecular weight excluding hydrogens is 182 g/mol. The van der Waals surface area contributed by atoms with Gasteiger partial charge in [-0.3, -0.25) is 4.66 Å². The van der Waals surface area contributed by atoms with E-state index in [0.717, 1.165) is 5.56 Å². The fourth-order valence-electron chi connectivity index (χ4n) is 0.676. The average molecular weight is 192 g/mol. The SMILES string of the molecule is NOOCc1ccccc1.OCl. The van der Waals surface area contributed by atoms with Crippen LogP contribution in [0.4, 0.5) is 0 Å². The van der Waals surface area contributed by atoms with Crippen molar-refractivity contribution in [2.75, 3.05) is 0 Å². The van der Waals surface area contributed by atoms with Gasteiger partial charge in [0.15, 0.2) is 0 Å². The number of rotatable bonds is 3. The molecule has 4 nitrogen and oxygen atoms in total. The molecule has 12 heavy (non-hydrogen) atoms. The Morgan fingerprint density at radius 2 is 1.83 bits per heavy atom. The first-order chi connectivity index (χ1) is 5.93. The fraction of sp³-hybridized carbons (Fsp3) is 0.143. The second kappa shape index (κ2) is 8.45. The lowest BCUT2D eigenvalue weighted by Gasteiger charge is -1.97. The molecule has 3 N–H and O–H groups in total. The minimum Gasteiger partial charge on any atom is -0.295 e.